The van der Waals surface area contributed by atoms with Crippen LogP contribution in [-0.2, 0) is 0 Å². The van der Waals surface area contributed by atoms with E-state index in [1.54, 1.807) is 0 Å². The van der Waals surface area contributed by atoms with E-state index in [9.17, 15) is 0 Å². The third-order valence-corrected chi connectivity index (χ3v) is 4.72. The predicted molar refractivity (Wildman–Crippen MR) is 83.4 cm³/mol. The van der Waals surface area contributed by atoms with Gasteiger partial charge in [0.1, 0.15) is 9.87 Å². The molecule has 0 bridgehead atoms. The van der Waals surface area contributed by atoms with E-state index in [1.165, 1.54) is 24.4 Å². The molecule has 3 rings (SSSR count). The van der Waals surface area contributed by atoms with Gasteiger partial charge in [-0.2, -0.15) is 0 Å². The number of rotatable bonds is 3. The van der Waals surface area contributed by atoms with E-state index >= 15 is 0 Å². The lowest BCUT2D eigenvalue weighted by atomic mass is 10.2. The maximum Gasteiger partial charge on any atom is 0.124 e. The van der Waals surface area contributed by atoms with Crippen LogP contribution in [0.5, 0.6) is 0 Å². The molecular weight excluding hydrogens is 298 g/mol. The summed E-state index contributed by atoms with van der Waals surface area (Å²) in [4.78, 5) is 1.66. The van der Waals surface area contributed by atoms with Gasteiger partial charge in [0.05, 0.1) is 5.69 Å². The van der Waals surface area contributed by atoms with Crippen molar-refractivity contribution in [3.63, 3.8) is 0 Å². The van der Waals surface area contributed by atoms with Crippen molar-refractivity contribution in [3.05, 3.63) is 39.4 Å². The first-order chi connectivity index (χ1) is 9.15. The van der Waals surface area contributed by atoms with Crippen molar-refractivity contribution >= 4 is 46.0 Å². The van der Waals surface area contributed by atoms with Gasteiger partial charge in [-0.15, -0.1) is 5.10 Å². The normalized spacial score (nSPS) is 14.4. The highest BCUT2D eigenvalue weighted by Crippen LogP contribution is 2.41. The number of benzene rings is 1. The van der Waals surface area contributed by atoms with Crippen LogP contribution in [0.2, 0.25) is 5.02 Å². The molecule has 1 aromatic carbocycles. The Hall–Kier alpha value is -1.04. The molecule has 0 saturated heterocycles. The summed E-state index contributed by atoms with van der Waals surface area (Å²) in [5.74, 6) is 0.551. The zero-order valence-corrected chi connectivity index (χ0v) is 12.7. The molecule has 1 heterocycles. The lowest BCUT2D eigenvalue weighted by Crippen LogP contribution is -2.11. The van der Waals surface area contributed by atoms with E-state index in [0.717, 1.165) is 26.8 Å². The minimum atomic E-state index is 0.551. The highest BCUT2D eigenvalue weighted by atomic mass is 35.5. The molecule has 0 amide bonds. The first-order valence-corrected chi connectivity index (χ1v) is 7.61. The average Bonchev–Trinajstić information content (AvgIpc) is 3.11. The second kappa shape index (κ2) is 5.15. The van der Waals surface area contributed by atoms with E-state index < -0.39 is 0 Å². The van der Waals surface area contributed by atoms with E-state index in [-0.39, 0.29) is 0 Å². The number of aryl methyl sites for hydroxylation is 1. The number of hydrogen-bond acceptors (Lipinski definition) is 4. The molecule has 0 radical (unpaired) electrons. The number of anilines is 1. The fraction of sp³-hybridized carbons (Fsp3) is 0.308. The van der Waals surface area contributed by atoms with Crippen molar-refractivity contribution in [2.24, 2.45) is 0 Å². The number of halogens is 1. The Morgan fingerprint density at radius 3 is 2.95 bits per heavy atom. The van der Waals surface area contributed by atoms with Crippen LogP contribution in [0.3, 0.4) is 0 Å². The lowest BCUT2D eigenvalue weighted by molar-refractivity contribution is 0.977. The fourth-order valence-corrected chi connectivity index (χ4v) is 3.00. The van der Waals surface area contributed by atoms with Crippen LogP contribution in [0.25, 0.3) is 0 Å². The molecule has 98 valence electrons. The van der Waals surface area contributed by atoms with Gasteiger partial charge in [0.25, 0.3) is 0 Å². The smallest absolute Gasteiger partial charge is 0.124 e. The zero-order valence-electron chi connectivity index (χ0n) is 10.3. The first-order valence-electron chi connectivity index (χ1n) is 6.05. The Labute approximate surface area is 126 Å². The van der Waals surface area contributed by atoms with Gasteiger partial charge in [0.15, 0.2) is 0 Å². The second-order valence-electron chi connectivity index (χ2n) is 4.68. The summed E-state index contributed by atoms with van der Waals surface area (Å²) in [5, 5.41) is 8.13. The zero-order chi connectivity index (χ0) is 13.4. The van der Waals surface area contributed by atoms with Crippen LogP contribution in [-0.4, -0.2) is 14.6 Å². The largest absolute Gasteiger partial charge is 0.345 e. The van der Waals surface area contributed by atoms with E-state index in [2.05, 4.69) is 14.9 Å². The molecule has 19 heavy (non-hydrogen) atoms. The Morgan fingerprint density at radius 1 is 1.47 bits per heavy atom. The number of nitrogens with one attached hydrogen (secondary N) is 1. The van der Waals surface area contributed by atoms with Crippen molar-refractivity contribution in [1.82, 2.24) is 9.59 Å². The SMILES string of the molecule is Cc1ccc(NC(=S)c2snnc2C2CC2)cc1Cl. The summed E-state index contributed by atoms with van der Waals surface area (Å²) in [7, 11) is 0. The second-order valence-corrected chi connectivity index (χ2v) is 6.25. The van der Waals surface area contributed by atoms with Gasteiger partial charge in [-0.25, -0.2) is 0 Å². The molecule has 3 nitrogen and oxygen atoms in total. The first kappa shape index (κ1) is 13.0. The molecule has 1 N–H and O–H groups in total. The third-order valence-electron chi connectivity index (χ3n) is 3.11. The Balaban J connectivity index is 1.80. The van der Waals surface area contributed by atoms with Crippen molar-refractivity contribution < 1.29 is 0 Å². The van der Waals surface area contributed by atoms with E-state index in [0.29, 0.717) is 10.9 Å². The molecule has 1 aliphatic carbocycles. The number of aromatic nitrogens is 2. The van der Waals surface area contributed by atoms with Crippen molar-refractivity contribution in [2.75, 3.05) is 5.32 Å². The third kappa shape index (κ3) is 2.78. The molecule has 1 aliphatic rings. The van der Waals surface area contributed by atoms with Crippen LogP contribution < -0.4 is 5.32 Å². The molecule has 6 heteroatoms. The van der Waals surface area contributed by atoms with Crippen LogP contribution in [0.1, 0.15) is 34.9 Å². The quantitative estimate of drug-likeness (QED) is 0.864. The van der Waals surface area contributed by atoms with Gasteiger partial charge < -0.3 is 5.32 Å². The molecule has 0 aliphatic heterocycles. The van der Waals surface area contributed by atoms with Crippen molar-refractivity contribution in [1.29, 1.82) is 0 Å². The van der Waals surface area contributed by atoms with Crippen LogP contribution in [0.15, 0.2) is 18.2 Å². The summed E-state index contributed by atoms with van der Waals surface area (Å²) >= 11 is 12.9. The summed E-state index contributed by atoms with van der Waals surface area (Å²) in [6.45, 7) is 1.97. The predicted octanol–water partition coefficient (Wildman–Crippen LogP) is 4.16. The van der Waals surface area contributed by atoms with Crippen molar-refractivity contribution in [3.8, 4) is 0 Å². The van der Waals surface area contributed by atoms with Gasteiger partial charge in [-0.05, 0) is 49.0 Å². The molecule has 1 fully saturated rings. The molecule has 1 aromatic heterocycles. The average molecular weight is 310 g/mol. The highest BCUT2D eigenvalue weighted by molar-refractivity contribution is 7.81. The molecular formula is C13H12ClN3S2. The van der Waals surface area contributed by atoms with Crippen LogP contribution >= 0.6 is 35.4 Å². The highest BCUT2D eigenvalue weighted by Gasteiger charge is 2.30. The lowest BCUT2D eigenvalue weighted by Gasteiger charge is -2.08. The molecule has 1 saturated carbocycles. The summed E-state index contributed by atoms with van der Waals surface area (Å²) in [5.41, 5.74) is 2.99. The monoisotopic (exact) mass is 309 g/mol. The van der Waals surface area contributed by atoms with E-state index in [1.807, 2.05) is 25.1 Å². The van der Waals surface area contributed by atoms with Gasteiger partial charge in [0.2, 0.25) is 0 Å². The Kier molecular flexibility index (Phi) is 3.52. The maximum atomic E-state index is 6.11. The fourth-order valence-electron chi connectivity index (χ4n) is 1.84. The number of thiocarbonyl (C=S) groups is 1. The topological polar surface area (TPSA) is 37.8 Å². The number of hydrogen-bond donors (Lipinski definition) is 1. The standard InChI is InChI=1S/C13H12ClN3S2/c1-7-2-5-9(6-10(7)14)15-13(18)12-11(8-3-4-8)16-17-19-12/h2,5-6,8H,3-4H2,1H3,(H,15,18). The van der Waals surface area contributed by atoms with Crippen molar-refractivity contribution in [2.45, 2.75) is 25.7 Å². The van der Waals surface area contributed by atoms with Crippen LogP contribution in [0.4, 0.5) is 5.69 Å². The Morgan fingerprint density at radius 2 is 2.26 bits per heavy atom. The summed E-state index contributed by atoms with van der Waals surface area (Å²) in [6, 6.07) is 5.83. The molecule has 0 spiro atoms. The molecule has 0 unspecified atom stereocenters. The van der Waals surface area contributed by atoms with Crippen LogP contribution in [0, 0.1) is 6.92 Å². The summed E-state index contributed by atoms with van der Waals surface area (Å²) in [6.07, 6.45) is 2.38. The van der Waals surface area contributed by atoms with E-state index in [4.69, 9.17) is 23.8 Å². The maximum absolute atomic E-state index is 6.11. The minimum Gasteiger partial charge on any atom is -0.345 e. The minimum absolute atomic E-state index is 0.551. The van der Waals surface area contributed by atoms with Gasteiger partial charge in [0, 0.05) is 16.6 Å². The molecule has 2 aromatic rings. The summed E-state index contributed by atoms with van der Waals surface area (Å²) < 4.78 is 4.02. The van der Waals surface area contributed by atoms with Gasteiger partial charge in [-0.3, -0.25) is 0 Å². The van der Waals surface area contributed by atoms with Gasteiger partial charge >= 0.3 is 0 Å². The molecule has 0 atom stereocenters. The Bertz CT molecular complexity index is 635. The number of nitrogens with zero attached hydrogens (tertiary/aromatic N) is 2. The van der Waals surface area contributed by atoms with Gasteiger partial charge in [-0.1, -0.05) is 34.4 Å².